The molecule has 0 saturated carbocycles. The Morgan fingerprint density at radius 1 is 1.52 bits per heavy atom. The Bertz CT molecular complexity index is 508. The van der Waals surface area contributed by atoms with Crippen molar-refractivity contribution >= 4 is 17.4 Å². The van der Waals surface area contributed by atoms with Crippen LogP contribution in [0.4, 0.5) is 11.5 Å². The van der Waals surface area contributed by atoms with Crippen LogP contribution in [0.25, 0.3) is 0 Å². The number of methoxy groups -OCH3 is 2. The second-order valence-corrected chi connectivity index (χ2v) is 4.12. The Morgan fingerprint density at radius 3 is 2.76 bits per heavy atom. The lowest BCUT2D eigenvalue weighted by atomic mass is 10.2. The number of pyridine rings is 1. The summed E-state index contributed by atoms with van der Waals surface area (Å²) in [6.45, 7) is 0.481. The minimum Gasteiger partial charge on any atom is -0.382 e. The predicted molar refractivity (Wildman–Crippen MR) is 75.4 cm³/mol. The van der Waals surface area contributed by atoms with Gasteiger partial charge in [0, 0.05) is 33.9 Å². The summed E-state index contributed by atoms with van der Waals surface area (Å²) in [4.78, 5) is 26.2. The molecule has 1 heterocycles. The number of hydrogen-bond donors (Lipinski definition) is 2. The second kappa shape index (κ2) is 8.12. The molecule has 0 radical (unpaired) electrons. The molecule has 116 valence electrons. The van der Waals surface area contributed by atoms with Crippen LogP contribution in [0, 0.1) is 10.1 Å². The van der Waals surface area contributed by atoms with Gasteiger partial charge < -0.3 is 20.1 Å². The first-order chi connectivity index (χ1) is 10.0. The number of nitrogens with zero attached hydrogens (tertiary/aromatic N) is 2. The van der Waals surface area contributed by atoms with Crippen LogP contribution >= 0.6 is 0 Å². The first-order valence-electron chi connectivity index (χ1n) is 6.15. The van der Waals surface area contributed by atoms with E-state index >= 15 is 0 Å². The molecular weight excluding hydrogens is 280 g/mol. The Hall–Kier alpha value is -2.26. The molecule has 0 aromatic carbocycles. The molecule has 1 unspecified atom stereocenters. The molecule has 0 aliphatic carbocycles. The van der Waals surface area contributed by atoms with Crippen LogP contribution < -0.4 is 10.6 Å². The summed E-state index contributed by atoms with van der Waals surface area (Å²) < 4.78 is 10.0. The average molecular weight is 298 g/mol. The Morgan fingerprint density at radius 2 is 2.24 bits per heavy atom. The SMILES string of the molecule is CNc1cc(C(=O)NCC(COC)OC)c([N+](=O)[O-])cn1. The molecule has 9 heteroatoms. The minimum absolute atomic E-state index is 0.0633. The molecule has 1 aromatic rings. The van der Waals surface area contributed by atoms with Gasteiger partial charge in [-0.05, 0) is 0 Å². The lowest BCUT2D eigenvalue weighted by molar-refractivity contribution is -0.385. The first kappa shape index (κ1) is 16.8. The topological polar surface area (TPSA) is 116 Å². The van der Waals surface area contributed by atoms with Crippen molar-refractivity contribution in [2.45, 2.75) is 6.10 Å². The van der Waals surface area contributed by atoms with E-state index < -0.39 is 10.8 Å². The van der Waals surface area contributed by atoms with E-state index in [0.717, 1.165) is 6.20 Å². The van der Waals surface area contributed by atoms with Crippen molar-refractivity contribution < 1.29 is 19.2 Å². The summed E-state index contributed by atoms with van der Waals surface area (Å²) in [5.74, 6) is -0.204. The molecule has 0 bridgehead atoms. The number of rotatable bonds is 8. The summed E-state index contributed by atoms with van der Waals surface area (Å²) in [6, 6.07) is 1.32. The number of nitrogens with one attached hydrogen (secondary N) is 2. The van der Waals surface area contributed by atoms with E-state index in [2.05, 4.69) is 15.6 Å². The monoisotopic (exact) mass is 298 g/mol. The number of ether oxygens (including phenoxy) is 2. The standard InChI is InChI=1S/C12H18N4O5/c1-13-11-4-9(10(6-14-11)16(18)19)12(17)15-5-8(21-3)7-20-2/h4,6,8H,5,7H2,1-3H3,(H,13,14)(H,15,17). The summed E-state index contributed by atoms with van der Waals surface area (Å²) in [5.41, 5.74) is -0.418. The van der Waals surface area contributed by atoms with E-state index in [9.17, 15) is 14.9 Å². The third kappa shape index (κ3) is 4.65. The third-order valence-corrected chi connectivity index (χ3v) is 2.76. The van der Waals surface area contributed by atoms with E-state index in [-0.39, 0.29) is 23.9 Å². The van der Waals surface area contributed by atoms with Crippen LogP contribution in [0.3, 0.4) is 0 Å². The largest absolute Gasteiger partial charge is 0.382 e. The molecule has 1 rings (SSSR count). The lowest BCUT2D eigenvalue weighted by Gasteiger charge is -2.15. The number of hydrogen-bond acceptors (Lipinski definition) is 7. The predicted octanol–water partition coefficient (Wildman–Crippen LogP) is 0.423. The Labute approximate surface area is 121 Å². The van der Waals surface area contributed by atoms with Gasteiger partial charge >= 0.3 is 0 Å². The van der Waals surface area contributed by atoms with E-state index in [1.54, 1.807) is 7.05 Å². The smallest absolute Gasteiger partial charge is 0.300 e. The fourth-order valence-corrected chi connectivity index (χ4v) is 1.61. The van der Waals surface area contributed by atoms with Crippen molar-refractivity contribution in [3.8, 4) is 0 Å². The second-order valence-electron chi connectivity index (χ2n) is 4.12. The fraction of sp³-hybridized carbons (Fsp3) is 0.500. The molecule has 1 atom stereocenters. The number of anilines is 1. The highest BCUT2D eigenvalue weighted by atomic mass is 16.6. The van der Waals surface area contributed by atoms with Gasteiger partial charge in [-0.3, -0.25) is 14.9 Å². The third-order valence-electron chi connectivity index (χ3n) is 2.76. The van der Waals surface area contributed by atoms with E-state index in [4.69, 9.17) is 9.47 Å². The molecule has 1 amide bonds. The van der Waals surface area contributed by atoms with Gasteiger partial charge in [-0.25, -0.2) is 4.98 Å². The number of carbonyl (C=O) groups excluding carboxylic acids is 1. The van der Waals surface area contributed by atoms with Crippen molar-refractivity contribution in [3.05, 3.63) is 27.9 Å². The van der Waals surface area contributed by atoms with Gasteiger partial charge in [0.1, 0.15) is 17.6 Å². The highest BCUT2D eigenvalue weighted by Crippen LogP contribution is 2.19. The zero-order valence-corrected chi connectivity index (χ0v) is 12.1. The normalized spacial score (nSPS) is 11.8. The van der Waals surface area contributed by atoms with Gasteiger partial charge in [-0.15, -0.1) is 0 Å². The number of amides is 1. The van der Waals surface area contributed by atoms with Gasteiger partial charge in [0.05, 0.1) is 17.6 Å². The molecule has 0 fully saturated rings. The number of aromatic nitrogens is 1. The fourth-order valence-electron chi connectivity index (χ4n) is 1.61. The lowest BCUT2D eigenvalue weighted by Crippen LogP contribution is -2.35. The molecule has 0 saturated heterocycles. The average Bonchev–Trinajstić information content (AvgIpc) is 2.50. The number of carbonyl (C=O) groups is 1. The van der Waals surface area contributed by atoms with Crippen molar-refractivity contribution in [2.75, 3.05) is 39.7 Å². The van der Waals surface area contributed by atoms with Crippen LogP contribution in [0.2, 0.25) is 0 Å². The molecular formula is C12H18N4O5. The molecule has 9 nitrogen and oxygen atoms in total. The quantitative estimate of drug-likeness (QED) is 0.528. The van der Waals surface area contributed by atoms with E-state index in [1.807, 2.05) is 0 Å². The Balaban J connectivity index is 2.87. The van der Waals surface area contributed by atoms with Crippen molar-refractivity contribution in [1.29, 1.82) is 0 Å². The maximum Gasteiger partial charge on any atom is 0.300 e. The van der Waals surface area contributed by atoms with Gasteiger partial charge in [0.15, 0.2) is 0 Å². The number of nitro groups is 1. The van der Waals surface area contributed by atoms with Crippen LogP contribution in [0.5, 0.6) is 0 Å². The highest BCUT2D eigenvalue weighted by Gasteiger charge is 2.22. The molecule has 2 N–H and O–H groups in total. The molecule has 0 aliphatic rings. The van der Waals surface area contributed by atoms with Gasteiger partial charge in [-0.2, -0.15) is 0 Å². The van der Waals surface area contributed by atoms with Crippen molar-refractivity contribution in [1.82, 2.24) is 10.3 Å². The Kier molecular flexibility index (Phi) is 6.50. The van der Waals surface area contributed by atoms with Crippen molar-refractivity contribution in [2.24, 2.45) is 0 Å². The zero-order chi connectivity index (χ0) is 15.8. The summed E-state index contributed by atoms with van der Waals surface area (Å²) in [7, 11) is 4.61. The minimum atomic E-state index is -0.649. The van der Waals surface area contributed by atoms with Crippen LogP contribution in [-0.2, 0) is 9.47 Å². The van der Waals surface area contributed by atoms with Crippen LogP contribution in [-0.4, -0.2) is 56.3 Å². The molecule has 0 aliphatic heterocycles. The highest BCUT2D eigenvalue weighted by molar-refractivity contribution is 5.98. The van der Waals surface area contributed by atoms with E-state index in [1.165, 1.54) is 20.3 Å². The molecule has 0 spiro atoms. The summed E-state index contributed by atoms with van der Waals surface area (Å²) >= 11 is 0. The maximum absolute atomic E-state index is 12.1. The van der Waals surface area contributed by atoms with Crippen LogP contribution in [0.15, 0.2) is 12.3 Å². The molecule has 1 aromatic heterocycles. The van der Waals surface area contributed by atoms with Crippen LogP contribution in [0.1, 0.15) is 10.4 Å². The van der Waals surface area contributed by atoms with Gasteiger partial charge in [-0.1, -0.05) is 0 Å². The van der Waals surface area contributed by atoms with Gasteiger partial charge in [0.2, 0.25) is 0 Å². The van der Waals surface area contributed by atoms with E-state index in [0.29, 0.717) is 12.4 Å². The summed E-state index contributed by atoms with van der Waals surface area (Å²) in [5, 5.41) is 16.2. The molecule has 21 heavy (non-hydrogen) atoms. The summed E-state index contributed by atoms with van der Waals surface area (Å²) in [6.07, 6.45) is 0.715. The van der Waals surface area contributed by atoms with Gasteiger partial charge in [0.25, 0.3) is 11.6 Å². The zero-order valence-electron chi connectivity index (χ0n) is 12.1. The van der Waals surface area contributed by atoms with Crippen molar-refractivity contribution in [3.63, 3.8) is 0 Å². The maximum atomic E-state index is 12.1. The first-order valence-corrected chi connectivity index (χ1v) is 6.15.